The first-order valence-corrected chi connectivity index (χ1v) is 13.4. The molecular weight excluding hydrogens is 486 g/mol. The highest BCUT2D eigenvalue weighted by molar-refractivity contribution is 5.95. The number of fused-ring (bicyclic) bond motifs is 1. The van der Waals surface area contributed by atoms with Gasteiger partial charge in [0.2, 0.25) is 0 Å². The first-order valence-electron chi connectivity index (χ1n) is 13.4. The fourth-order valence-corrected chi connectivity index (χ4v) is 6.12. The van der Waals surface area contributed by atoms with E-state index in [0.717, 1.165) is 47.0 Å². The van der Waals surface area contributed by atoms with Crippen LogP contribution < -0.4 is 0 Å². The lowest BCUT2D eigenvalue weighted by molar-refractivity contribution is -0.172. The SMILES string of the molecule is CN(C)C(=O)c1ccc(-c2cc3nccc(-c4ccc(CC5CC(C)(C)OC(C)(C)C5)c(C#N)c4)c3o2)cc1. The third kappa shape index (κ3) is 5.60. The Bertz CT molecular complexity index is 1560. The maximum absolute atomic E-state index is 12.2. The lowest BCUT2D eigenvalue weighted by Crippen LogP contribution is -2.45. The van der Waals surface area contributed by atoms with E-state index in [-0.39, 0.29) is 17.1 Å². The average molecular weight is 522 g/mol. The monoisotopic (exact) mass is 521 g/mol. The number of hydrogen-bond acceptors (Lipinski definition) is 5. The molecule has 0 unspecified atom stereocenters. The van der Waals surface area contributed by atoms with Crippen LogP contribution in [0.2, 0.25) is 0 Å². The molecular formula is C33H35N3O3. The summed E-state index contributed by atoms with van der Waals surface area (Å²) in [7, 11) is 3.47. The van der Waals surface area contributed by atoms with E-state index in [1.807, 2.05) is 30.3 Å². The highest BCUT2D eigenvalue weighted by Crippen LogP contribution is 2.41. The molecule has 1 amide bonds. The number of nitriles is 1. The molecule has 1 saturated heterocycles. The van der Waals surface area contributed by atoms with Gasteiger partial charge in [-0.2, -0.15) is 5.26 Å². The summed E-state index contributed by atoms with van der Waals surface area (Å²) in [6, 6.07) is 19.8. The highest BCUT2D eigenvalue weighted by Gasteiger charge is 2.39. The molecule has 2 aromatic heterocycles. The van der Waals surface area contributed by atoms with E-state index in [0.29, 0.717) is 28.4 Å². The summed E-state index contributed by atoms with van der Waals surface area (Å²) in [4.78, 5) is 18.3. The van der Waals surface area contributed by atoms with Crippen molar-refractivity contribution < 1.29 is 13.9 Å². The molecule has 0 spiro atoms. The Kier molecular flexibility index (Phi) is 6.82. The zero-order valence-electron chi connectivity index (χ0n) is 23.5. The fraction of sp³-hybridized carbons (Fsp3) is 0.364. The number of pyridine rings is 1. The molecule has 3 heterocycles. The Morgan fingerprint density at radius 3 is 2.31 bits per heavy atom. The van der Waals surface area contributed by atoms with Gasteiger partial charge in [-0.25, -0.2) is 0 Å². The summed E-state index contributed by atoms with van der Waals surface area (Å²) in [6.45, 7) is 8.61. The van der Waals surface area contributed by atoms with Gasteiger partial charge < -0.3 is 14.1 Å². The topological polar surface area (TPSA) is 79.4 Å². The van der Waals surface area contributed by atoms with Gasteiger partial charge in [-0.3, -0.25) is 9.78 Å². The third-order valence-electron chi connectivity index (χ3n) is 7.40. The number of benzene rings is 2. The van der Waals surface area contributed by atoms with E-state index >= 15 is 0 Å². The predicted octanol–water partition coefficient (Wildman–Crippen LogP) is 7.26. The molecule has 0 aliphatic carbocycles. The zero-order valence-corrected chi connectivity index (χ0v) is 23.5. The van der Waals surface area contributed by atoms with Crippen LogP contribution in [0.5, 0.6) is 0 Å². The molecule has 0 N–H and O–H groups in total. The van der Waals surface area contributed by atoms with Crippen molar-refractivity contribution in [2.45, 2.75) is 58.2 Å². The highest BCUT2D eigenvalue weighted by atomic mass is 16.5. The van der Waals surface area contributed by atoms with Gasteiger partial charge in [0.25, 0.3) is 5.91 Å². The predicted molar refractivity (Wildman–Crippen MR) is 153 cm³/mol. The number of carbonyl (C=O) groups excluding carboxylic acids is 1. The summed E-state index contributed by atoms with van der Waals surface area (Å²) in [5.41, 5.74) is 6.11. The van der Waals surface area contributed by atoms with Gasteiger partial charge in [-0.15, -0.1) is 0 Å². The number of nitrogens with zero attached hydrogens (tertiary/aromatic N) is 3. The van der Waals surface area contributed by atoms with Crippen LogP contribution in [0.25, 0.3) is 33.6 Å². The molecule has 0 radical (unpaired) electrons. The van der Waals surface area contributed by atoms with E-state index in [1.165, 1.54) is 0 Å². The van der Waals surface area contributed by atoms with E-state index < -0.39 is 0 Å². The van der Waals surface area contributed by atoms with Crippen molar-refractivity contribution in [1.82, 2.24) is 9.88 Å². The second kappa shape index (κ2) is 9.98. The molecule has 0 saturated carbocycles. The number of hydrogen-bond donors (Lipinski definition) is 0. The number of rotatable bonds is 5. The first kappa shape index (κ1) is 26.6. The molecule has 1 fully saturated rings. The van der Waals surface area contributed by atoms with Crippen LogP contribution in [-0.4, -0.2) is 41.1 Å². The van der Waals surface area contributed by atoms with Gasteiger partial charge in [0.1, 0.15) is 11.3 Å². The Labute approximate surface area is 230 Å². The van der Waals surface area contributed by atoms with Crippen LogP contribution in [0, 0.1) is 17.2 Å². The maximum Gasteiger partial charge on any atom is 0.253 e. The maximum atomic E-state index is 12.2. The minimum atomic E-state index is -0.180. The Morgan fingerprint density at radius 2 is 1.67 bits per heavy atom. The van der Waals surface area contributed by atoms with Crippen molar-refractivity contribution in [3.05, 3.63) is 77.5 Å². The third-order valence-corrected chi connectivity index (χ3v) is 7.40. The van der Waals surface area contributed by atoms with Crippen molar-refractivity contribution in [3.8, 4) is 28.5 Å². The van der Waals surface area contributed by atoms with Crippen LogP contribution in [-0.2, 0) is 11.2 Å². The van der Waals surface area contributed by atoms with E-state index in [2.05, 4.69) is 50.9 Å². The number of ether oxygens (including phenoxy) is 1. The van der Waals surface area contributed by atoms with Crippen LogP contribution in [0.1, 0.15) is 62.0 Å². The number of carbonyl (C=O) groups is 1. The van der Waals surface area contributed by atoms with Crippen molar-refractivity contribution >= 4 is 17.0 Å². The Balaban J connectivity index is 1.45. The zero-order chi connectivity index (χ0) is 27.9. The van der Waals surface area contributed by atoms with Crippen LogP contribution in [0.3, 0.4) is 0 Å². The Hall–Kier alpha value is -3.95. The fourth-order valence-electron chi connectivity index (χ4n) is 6.12. The number of aromatic nitrogens is 1. The molecule has 1 aliphatic rings. The van der Waals surface area contributed by atoms with Gasteiger partial charge in [0, 0.05) is 43.0 Å². The smallest absolute Gasteiger partial charge is 0.253 e. The minimum absolute atomic E-state index is 0.0453. The summed E-state index contributed by atoms with van der Waals surface area (Å²) in [5.74, 6) is 1.08. The molecule has 1 aliphatic heterocycles. The van der Waals surface area contributed by atoms with Gasteiger partial charge in [-0.1, -0.05) is 24.3 Å². The molecule has 0 atom stereocenters. The van der Waals surface area contributed by atoms with Crippen molar-refractivity contribution in [3.63, 3.8) is 0 Å². The lowest BCUT2D eigenvalue weighted by Gasteiger charge is -2.45. The van der Waals surface area contributed by atoms with E-state index in [1.54, 1.807) is 37.3 Å². The minimum Gasteiger partial charge on any atom is -0.454 e. The Morgan fingerprint density at radius 1 is 1.00 bits per heavy atom. The molecule has 5 rings (SSSR count). The standard InChI is InChI=1S/C33H35N3O3/c1-32(2)18-21(19-33(3,4)39-32)15-24-11-12-25(16-26(24)20-34)27-13-14-35-28-17-29(38-30(27)28)22-7-9-23(10-8-22)31(37)36(5)6/h7-14,16-17,21H,15,18-19H2,1-6H3. The quantitative estimate of drug-likeness (QED) is 0.276. The molecule has 200 valence electrons. The van der Waals surface area contributed by atoms with Crippen LogP contribution in [0.15, 0.2) is 65.2 Å². The van der Waals surface area contributed by atoms with Crippen molar-refractivity contribution in [2.75, 3.05) is 14.1 Å². The molecule has 39 heavy (non-hydrogen) atoms. The lowest BCUT2D eigenvalue weighted by atomic mass is 9.77. The van der Waals surface area contributed by atoms with Crippen molar-refractivity contribution in [1.29, 1.82) is 5.26 Å². The number of amides is 1. The summed E-state index contributed by atoms with van der Waals surface area (Å²) in [5, 5.41) is 10.0. The average Bonchev–Trinajstić information content (AvgIpc) is 3.31. The van der Waals surface area contributed by atoms with Crippen LogP contribution >= 0.6 is 0 Å². The number of furan rings is 1. The second-order valence-corrected chi connectivity index (χ2v) is 12.0. The largest absolute Gasteiger partial charge is 0.454 e. The normalized spacial score (nSPS) is 16.6. The molecule has 6 heteroatoms. The molecule has 0 bridgehead atoms. The first-order chi connectivity index (χ1) is 18.4. The molecule has 2 aromatic carbocycles. The van der Waals surface area contributed by atoms with Gasteiger partial charge >= 0.3 is 0 Å². The molecule has 6 nitrogen and oxygen atoms in total. The van der Waals surface area contributed by atoms with Gasteiger partial charge in [-0.05, 0) is 88.3 Å². The summed E-state index contributed by atoms with van der Waals surface area (Å²) >= 11 is 0. The van der Waals surface area contributed by atoms with Crippen LogP contribution in [0.4, 0.5) is 0 Å². The summed E-state index contributed by atoms with van der Waals surface area (Å²) < 4.78 is 12.6. The van der Waals surface area contributed by atoms with Crippen molar-refractivity contribution in [2.24, 2.45) is 5.92 Å². The van der Waals surface area contributed by atoms with Gasteiger partial charge in [0.05, 0.1) is 22.8 Å². The van der Waals surface area contributed by atoms with E-state index in [9.17, 15) is 10.1 Å². The van der Waals surface area contributed by atoms with E-state index in [4.69, 9.17) is 9.15 Å². The second-order valence-electron chi connectivity index (χ2n) is 12.0. The summed E-state index contributed by atoms with van der Waals surface area (Å²) in [6.07, 6.45) is 4.55. The van der Waals surface area contributed by atoms with Gasteiger partial charge in [0.15, 0.2) is 5.58 Å². The molecule has 4 aromatic rings.